The molecular weight excluding hydrogens is 248 g/mol. The van der Waals surface area contributed by atoms with E-state index >= 15 is 0 Å². The summed E-state index contributed by atoms with van der Waals surface area (Å²) in [5.74, 6) is -0.665. The van der Waals surface area contributed by atoms with Crippen molar-refractivity contribution in [1.82, 2.24) is 10.2 Å². The van der Waals surface area contributed by atoms with Crippen LogP contribution in [0.25, 0.3) is 0 Å². The van der Waals surface area contributed by atoms with Gasteiger partial charge in [-0.15, -0.1) is 5.10 Å². The zero-order valence-electron chi connectivity index (χ0n) is 10.5. The van der Waals surface area contributed by atoms with E-state index in [2.05, 4.69) is 15.3 Å². The number of aromatic nitrogens is 2. The van der Waals surface area contributed by atoms with E-state index in [1.165, 1.54) is 5.01 Å². The van der Waals surface area contributed by atoms with Crippen LogP contribution in [0.5, 0.6) is 0 Å². The highest BCUT2D eigenvalue weighted by atomic mass is 16.4. The van der Waals surface area contributed by atoms with Crippen LogP contribution in [-0.2, 0) is 9.59 Å². The van der Waals surface area contributed by atoms with Gasteiger partial charge in [0.25, 0.3) is 0 Å². The molecule has 1 amide bonds. The molecule has 0 saturated heterocycles. The fourth-order valence-corrected chi connectivity index (χ4v) is 1.71. The summed E-state index contributed by atoms with van der Waals surface area (Å²) in [6.45, 7) is 1.80. The summed E-state index contributed by atoms with van der Waals surface area (Å²) in [6.07, 6.45) is 1.18. The van der Waals surface area contributed by atoms with Crippen LogP contribution < -0.4 is 5.01 Å². The molecule has 7 heteroatoms. The smallest absolute Gasteiger partial charge is 0.303 e. The highest BCUT2D eigenvalue weighted by Crippen LogP contribution is 2.18. The first-order valence-corrected chi connectivity index (χ1v) is 5.97. The van der Waals surface area contributed by atoms with E-state index in [4.69, 9.17) is 5.11 Å². The molecule has 1 aromatic rings. The van der Waals surface area contributed by atoms with Gasteiger partial charge in [0.1, 0.15) is 0 Å². The van der Waals surface area contributed by atoms with Crippen molar-refractivity contribution in [3.63, 3.8) is 0 Å². The Morgan fingerprint density at radius 3 is 2.79 bits per heavy atom. The molecule has 0 atom stereocenters. The zero-order valence-corrected chi connectivity index (χ0v) is 10.5. The first-order valence-electron chi connectivity index (χ1n) is 5.97. The molecule has 0 unspecified atom stereocenters. The van der Waals surface area contributed by atoms with Crippen LogP contribution in [-0.4, -0.2) is 32.9 Å². The van der Waals surface area contributed by atoms with Crippen LogP contribution in [0.1, 0.15) is 31.4 Å². The van der Waals surface area contributed by atoms with E-state index in [-0.39, 0.29) is 12.3 Å². The molecule has 7 nitrogen and oxygen atoms in total. The normalized spacial score (nSPS) is 15.3. The molecule has 0 bridgehead atoms. The predicted molar refractivity (Wildman–Crippen MR) is 67.8 cm³/mol. The number of carbonyl (C=O) groups is 2. The summed E-state index contributed by atoms with van der Waals surface area (Å²) in [7, 11) is 0. The lowest BCUT2D eigenvalue weighted by molar-refractivity contribution is -0.136. The molecule has 1 N–H and O–H groups in total. The lowest BCUT2D eigenvalue weighted by atomic mass is 10.1. The van der Waals surface area contributed by atoms with Gasteiger partial charge in [-0.3, -0.25) is 9.59 Å². The molecule has 0 spiro atoms. The lowest BCUT2D eigenvalue weighted by Gasteiger charge is -2.22. The number of hydrazone groups is 1. The fraction of sp³-hybridized carbons (Fsp3) is 0.417. The van der Waals surface area contributed by atoms with Crippen molar-refractivity contribution in [1.29, 1.82) is 0 Å². The molecule has 0 aliphatic carbocycles. The molecule has 0 saturated carbocycles. The average molecular weight is 262 g/mol. The molecule has 0 radical (unpaired) electrons. The molecular formula is C12H14N4O3. The minimum atomic E-state index is -0.874. The number of carboxylic acids is 1. The van der Waals surface area contributed by atoms with Crippen LogP contribution in [0.15, 0.2) is 17.2 Å². The fourth-order valence-electron chi connectivity index (χ4n) is 1.71. The molecule has 0 fully saturated rings. The number of carbonyl (C=O) groups excluding carboxylic acids is 1. The van der Waals surface area contributed by atoms with E-state index in [0.717, 1.165) is 5.69 Å². The van der Waals surface area contributed by atoms with Gasteiger partial charge in [0.15, 0.2) is 5.82 Å². The van der Waals surface area contributed by atoms with E-state index in [0.29, 0.717) is 30.8 Å². The van der Waals surface area contributed by atoms with Gasteiger partial charge in [0, 0.05) is 12.1 Å². The van der Waals surface area contributed by atoms with Gasteiger partial charge in [-0.2, -0.15) is 15.2 Å². The Morgan fingerprint density at radius 1 is 1.37 bits per heavy atom. The number of anilines is 1. The largest absolute Gasteiger partial charge is 0.481 e. The second-order valence-corrected chi connectivity index (χ2v) is 4.30. The molecule has 2 heterocycles. The van der Waals surface area contributed by atoms with Gasteiger partial charge in [-0.05, 0) is 31.9 Å². The Balaban J connectivity index is 2.17. The Hall–Kier alpha value is -2.31. The van der Waals surface area contributed by atoms with Crippen LogP contribution >= 0.6 is 0 Å². The SMILES string of the molecule is Cc1ccc(N2N=C(CCC(=O)O)CCC2=O)nn1. The standard InChI is InChI=1S/C12H14N4O3/c1-8-2-5-10(14-13-8)16-11(17)6-3-9(15-16)4-7-12(18)19/h2,5H,3-4,6-7H2,1H3,(H,18,19). The van der Waals surface area contributed by atoms with Gasteiger partial charge >= 0.3 is 5.97 Å². The van der Waals surface area contributed by atoms with Crippen molar-refractivity contribution in [2.45, 2.75) is 32.6 Å². The van der Waals surface area contributed by atoms with E-state index in [1.54, 1.807) is 19.1 Å². The lowest BCUT2D eigenvalue weighted by Crippen LogP contribution is -2.32. The Labute approximate surface area is 109 Å². The van der Waals surface area contributed by atoms with Crippen LogP contribution in [0.4, 0.5) is 5.82 Å². The molecule has 1 aliphatic rings. The number of amides is 1. The number of rotatable bonds is 4. The van der Waals surface area contributed by atoms with Crippen LogP contribution in [0, 0.1) is 6.92 Å². The molecule has 100 valence electrons. The van der Waals surface area contributed by atoms with Gasteiger partial charge < -0.3 is 5.11 Å². The Bertz CT molecular complexity index is 524. The molecule has 1 aromatic heterocycles. The maximum absolute atomic E-state index is 11.8. The summed E-state index contributed by atoms with van der Waals surface area (Å²) < 4.78 is 0. The second-order valence-electron chi connectivity index (χ2n) is 4.30. The number of hydrogen-bond acceptors (Lipinski definition) is 5. The van der Waals surface area contributed by atoms with Crippen molar-refractivity contribution in [2.24, 2.45) is 5.10 Å². The Morgan fingerprint density at radius 2 is 2.16 bits per heavy atom. The Kier molecular flexibility index (Phi) is 3.84. The summed E-state index contributed by atoms with van der Waals surface area (Å²) >= 11 is 0. The average Bonchev–Trinajstić information content (AvgIpc) is 2.39. The third-order valence-electron chi connectivity index (χ3n) is 2.73. The number of aryl methyl sites for hydroxylation is 1. The van der Waals surface area contributed by atoms with Crippen LogP contribution in [0.3, 0.4) is 0 Å². The third-order valence-corrected chi connectivity index (χ3v) is 2.73. The van der Waals surface area contributed by atoms with Crippen LogP contribution in [0.2, 0.25) is 0 Å². The van der Waals surface area contributed by atoms with Gasteiger partial charge in [-0.25, -0.2) is 0 Å². The van der Waals surface area contributed by atoms with Gasteiger partial charge in [0.05, 0.1) is 12.1 Å². The maximum atomic E-state index is 11.8. The summed E-state index contributed by atoms with van der Waals surface area (Å²) in [5, 5.41) is 21.8. The first kappa shape index (κ1) is 13.1. The molecule has 0 aromatic carbocycles. The van der Waals surface area contributed by atoms with Crippen molar-refractivity contribution >= 4 is 23.4 Å². The molecule has 1 aliphatic heterocycles. The van der Waals surface area contributed by atoms with Crippen molar-refractivity contribution in [2.75, 3.05) is 5.01 Å². The summed E-state index contributed by atoms with van der Waals surface area (Å²) in [4.78, 5) is 22.3. The topological polar surface area (TPSA) is 95.8 Å². The van der Waals surface area contributed by atoms with E-state index < -0.39 is 5.97 Å². The molecule has 2 rings (SSSR count). The highest BCUT2D eigenvalue weighted by Gasteiger charge is 2.23. The van der Waals surface area contributed by atoms with Crippen molar-refractivity contribution in [3.05, 3.63) is 17.8 Å². The summed E-state index contributed by atoms with van der Waals surface area (Å²) in [6, 6.07) is 3.42. The predicted octanol–water partition coefficient (Wildman–Crippen LogP) is 1.13. The first-order chi connectivity index (χ1) is 9.06. The number of hydrogen-bond donors (Lipinski definition) is 1. The minimum Gasteiger partial charge on any atom is -0.481 e. The van der Waals surface area contributed by atoms with Crippen molar-refractivity contribution < 1.29 is 14.7 Å². The quantitative estimate of drug-likeness (QED) is 0.877. The van der Waals surface area contributed by atoms with Gasteiger partial charge in [0.2, 0.25) is 5.91 Å². The maximum Gasteiger partial charge on any atom is 0.303 e. The third kappa shape index (κ3) is 3.34. The monoisotopic (exact) mass is 262 g/mol. The number of nitrogens with zero attached hydrogens (tertiary/aromatic N) is 4. The number of carboxylic acid groups (broad SMARTS) is 1. The second kappa shape index (κ2) is 5.55. The molecule has 19 heavy (non-hydrogen) atoms. The zero-order chi connectivity index (χ0) is 13.8. The summed E-state index contributed by atoms with van der Waals surface area (Å²) in [5.41, 5.74) is 1.45. The highest BCUT2D eigenvalue weighted by molar-refractivity contribution is 6.01. The van der Waals surface area contributed by atoms with E-state index in [9.17, 15) is 9.59 Å². The minimum absolute atomic E-state index is 0.0143. The van der Waals surface area contributed by atoms with Crippen molar-refractivity contribution in [3.8, 4) is 0 Å². The number of aliphatic carboxylic acids is 1. The van der Waals surface area contributed by atoms with Gasteiger partial charge in [-0.1, -0.05) is 0 Å². The van der Waals surface area contributed by atoms with E-state index in [1.807, 2.05) is 0 Å².